The molecule has 2 aliphatic rings. The van der Waals surface area contributed by atoms with Gasteiger partial charge in [-0.25, -0.2) is 9.97 Å². The summed E-state index contributed by atoms with van der Waals surface area (Å²) in [5, 5.41) is 7.81. The van der Waals surface area contributed by atoms with Crippen LogP contribution in [0, 0.1) is 13.8 Å². The Balaban J connectivity index is 1.12. The molecule has 3 aromatic heterocycles. The molecular weight excluding hydrogens is 418 g/mol. The van der Waals surface area contributed by atoms with Gasteiger partial charge in [0.05, 0.1) is 28.1 Å². The molecule has 1 N–H and O–H groups in total. The molecule has 2 aliphatic heterocycles. The summed E-state index contributed by atoms with van der Waals surface area (Å²) in [5.41, 5.74) is 2.92. The van der Waals surface area contributed by atoms with Gasteiger partial charge in [-0.2, -0.15) is 0 Å². The summed E-state index contributed by atoms with van der Waals surface area (Å²) >= 11 is 3.18. The highest BCUT2D eigenvalue weighted by Crippen LogP contribution is 2.39. The van der Waals surface area contributed by atoms with Crippen molar-refractivity contribution in [3.63, 3.8) is 0 Å². The summed E-state index contributed by atoms with van der Waals surface area (Å²) in [6.45, 7) is 7.59. The topological polar surface area (TPSA) is 71.8 Å². The van der Waals surface area contributed by atoms with Crippen LogP contribution in [-0.4, -0.2) is 56.5 Å². The summed E-state index contributed by atoms with van der Waals surface area (Å²) in [6, 6.07) is 0. The number of fused-ring (bicyclic) bond motifs is 1. The second-order valence-electron chi connectivity index (χ2n) is 8.40. The van der Waals surface area contributed by atoms with E-state index in [0.717, 1.165) is 61.0 Å². The Kier molecular flexibility index (Phi) is 5.38. The molecule has 1 amide bonds. The van der Waals surface area contributed by atoms with Crippen LogP contribution >= 0.6 is 22.7 Å². The maximum absolute atomic E-state index is 12.2. The first kappa shape index (κ1) is 20.1. The number of likely N-dealkylation sites (tertiary alicyclic amines) is 1. The Hall–Kier alpha value is -1.81. The molecule has 0 aliphatic carbocycles. The fraction of sp³-hybridized carbons (Fsp3) is 0.571. The van der Waals surface area contributed by atoms with Crippen molar-refractivity contribution in [1.82, 2.24) is 24.6 Å². The summed E-state index contributed by atoms with van der Waals surface area (Å²) in [7, 11) is 0. The molecule has 5 heterocycles. The van der Waals surface area contributed by atoms with Crippen LogP contribution in [0.1, 0.15) is 52.6 Å². The number of aromatic nitrogens is 3. The van der Waals surface area contributed by atoms with Gasteiger partial charge in [0, 0.05) is 43.1 Å². The molecule has 9 heteroatoms. The maximum atomic E-state index is 12.2. The summed E-state index contributed by atoms with van der Waals surface area (Å²) in [6.07, 6.45) is 6.40. The van der Waals surface area contributed by atoms with Gasteiger partial charge in [0.2, 0.25) is 0 Å². The molecule has 0 saturated carbocycles. The molecule has 2 saturated heterocycles. The van der Waals surface area contributed by atoms with Crippen LogP contribution in [0.15, 0.2) is 17.0 Å². The van der Waals surface area contributed by atoms with Crippen LogP contribution in [0.5, 0.6) is 0 Å². The Morgan fingerprint density at radius 2 is 2.10 bits per heavy atom. The molecule has 160 valence electrons. The van der Waals surface area contributed by atoms with Crippen molar-refractivity contribution >= 4 is 33.5 Å². The number of rotatable bonds is 5. The number of nitrogens with zero attached hydrogens (tertiary/aromatic N) is 4. The number of hydrogen-bond acceptors (Lipinski definition) is 7. The first-order valence-electron chi connectivity index (χ1n) is 10.5. The van der Waals surface area contributed by atoms with Crippen LogP contribution in [0.4, 0.5) is 0 Å². The Bertz CT molecular complexity index is 1050. The van der Waals surface area contributed by atoms with E-state index in [-0.39, 0.29) is 17.6 Å². The number of carbonyl (C=O) groups excluding carboxylic acids is 1. The second-order valence-corrected chi connectivity index (χ2v) is 10.3. The van der Waals surface area contributed by atoms with Gasteiger partial charge < -0.3 is 10.1 Å². The lowest BCUT2D eigenvalue weighted by Crippen LogP contribution is -2.45. The number of carbonyl (C=O) groups is 1. The average molecular weight is 446 g/mol. The number of amides is 1. The lowest BCUT2D eigenvalue weighted by Gasteiger charge is -2.39. The standard InChI is InChI=1S/C21H27N5O2S2/c1-14-18(26-9-10-29-20(26)23-14)12-25-7-5-21(6-8-25)4-3-16(28-21)11-22-19(27)17-13-30-15(2)24-17/h9-10,13,16H,3-8,11-12H2,1-2H3,(H,22,27). The van der Waals surface area contributed by atoms with Gasteiger partial charge in [0.15, 0.2) is 4.96 Å². The molecular formula is C21H27N5O2S2. The molecule has 3 aromatic rings. The number of ether oxygens (including phenoxy) is 1. The number of piperidine rings is 1. The van der Waals surface area contributed by atoms with Crippen molar-refractivity contribution < 1.29 is 9.53 Å². The quantitative estimate of drug-likeness (QED) is 0.652. The van der Waals surface area contributed by atoms with Crippen LogP contribution in [0.25, 0.3) is 4.96 Å². The van der Waals surface area contributed by atoms with Gasteiger partial charge in [-0.05, 0) is 39.5 Å². The first-order valence-corrected chi connectivity index (χ1v) is 12.3. The Morgan fingerprint density at radius 1 is 1.27 bits per heavy atom. The Labute approximate surface area is 184 Å². The molecule has 2 fully saturated rings. The van der Waals surface area contributed by atoms with E-state index in [1.54, 1.807) is 11.3 Å². The lowest BCUT2D eigenvalue weighted by atomic mass is 9.88. The molecule has 5 rings (SSSR count). The third kappa shape index (κ3) is 3.91. The molecule has 1 unspecified atom stereocenters. The third-order valence-electron chi connectivity index (χ3n) is 6.38. The van der Waals surface area contributed by atoms with Gasteiger partial charge in [0.25, 0.3) is 5.91 Å². The molecule has 30 heavy (non-hydrogen) atoms. The van der Waals surface area contributed by atoms with Gasteiger partial charge in [-0.3, -0.25) is 14.1 Å². The minimum atomic E-state index is -0.102. The predicted molar refractivity (Wildman–Crippen MR) is 118 cm³/mol. The fourth-order valence-electron chi connectivity index (χ4n) is 4.63. The van der Waals surface area contributed by atoms with E-state index in [1.807, 2.05) is 12.3 Å². The normalized spacial score (nSPS) is 21.6. The van der Waals surface area contributed by atoms with Crippen LogP contribution in [-0.2, 0) is 11.3 Å². The second kappa shape index (κ2) is 8.03. The number of thiazole rings is 2. The van der Waals surface area contributed by atoms with Gasteiger partial charge >= 0.3 is 0 Å². The van der Waals surface area contributed by atoms with Gasteiger partial charge in [0.1, 0.15) is 5.69 Å². The van der Waals surface area contributed by atoms with Crippen molar-refractivity contribution in [2.75, 3.05) is 19.6 Å². The van der Waals surface area contributed by atoms with Crippen molar-refractivity contribution in [2.24, 2.45) is 0 Å². The third-order valence-corrected chi connectivity index (χ3v) is 7.91. The van der Waals surface area contributed by atoms with Crippen LogP contribution < -0.4 is 5.32 Å². The Morgan fingerprint density at radius 3 is 2.87 bits per heavy atom. The van der Waals surface area contributed by atoms with E-state index in [9.17, 15) is 4.79 Å². The zero-order chi connectivity index (χ0) is 20.7. The van der Waals surface area contributed by atoms with E-state index in [2.05, 4.69) is 43.1 Å². The van der Waals surface area contributed by atoms with Crippen LogP contribution in [0.2, 0.25) is 0 Å². The van der Waals surface area contributed by atoms with Gasteiger partial charge in [-0.15, -0.1) is 22.7 Å². The number of aryl methyl sites for hydroxylation is 2. The van der Waals surface area contributed by atoms with Crippen molar-refractivity contribution in [2.45, 2.75) is 57.8 Å². The predicted octanol–water partition coefficient (Wildman–Crippen LogP) is 3.41. The largest absolute Gasteiger partial charge is 0.370 e. The molecule has 1 atom stereocenters. The molecule has 1 spiro atoms. The van der Waals surface area contributed by atoms with E-state index >= 15 is 0 Å². The van der Waals surface area contributed by atoms with Crippen molar-refractivity contribution in [1.29, 1.82) is 0 Å². The number of nitrogens with one attached hydrogen (secondary N) is 1. The first-order chi connectivity index (χ1) is 14.5. The molecule has 0 radical (unpaired) electrons. The summed E-state index contributed by atoms with van der Waals surface area (Å²) in [4.78, 5) is 24.8. The number of imidazole rings is 1. The van der Waals surface area contributed by atoms with E-state index < -0.39 is 0 Å². The minimum Gasteiger partial charge on any atom is -0.370 e. The maximum Gasteiger partial charge on any atom is 0.270 e. The number of hydrogen-bond donors (Lipinski definition) is 1. The highest BCUT2D eigenvalue weighted by Gasteiger charge is 2.42. The summed E-state index contributed by atoms with van der Waals surface area (Å²) in [5.74, 6) is -0.102. The highest BCUT2D eigenvalue weighted by molar-refractivity contribution is 7.15. The monoisotopic (exact) mass is 445 g/mol. The SMILES string of the molecule is Cc1nc(C(=O)NCC2CCC3(CCN(Cc4c(C)nc5sccn45)CC3)O2)cs1. The van der Waals surface area contributed by atoms with E-state index in [0.29, 0.717) is 12.2 Å². The van der Waals surface area contributed by atoms with Gasteiger partial charge in [-0.1, -0.05) is 0 Å². The van der Waals surface area contributed by atoms with E-state index in [4.69, 9.17) is 4.74 Å². The van der Waals surface area contributed by atoms with Crippen molar-refractivity contribution in [3.8, 4) is 0 Å². The highest BCUT2D eigenvalue weighted by atomic mass is 32.1. The molecule has 0 aromatic carbocycles. The fourth-order valence-corrected chi connectivity index (χ4v) is 6.01. The molecule has 0 bridgehead atoms. The minimum absolute atomic E-state index is 0.0206. The zero-order valence-corrected chi connectivity index (χ0v) is 19.0. The average Bonchev–Trinajstić information content (AvgIpc) is 3.50. The smallest absolute Gasteiger partial charge is 0.270 e. The van der Waals surface area contributed by atoms with E-state index in [1.165, 1.54) is 17.0 Å². The zero-order valence-electron chi connectivity index (χ0n) is 17.4. The molecule has 7 nitrogen and oxygen atoms in total. The summed E-state index contributed by atoms with van der Waals surface area (Å²) < 4.78 is 8.69. The van der Waals surface area contributed by atoms with Crippen molar-refractivity contribution in [3.05, 3.63) is 39.0 Å². The lowest BCUT2D eigenvalue weighted by molar-refractivity contribution is -0.0766. The van der Waals surface area contributed by atoms with Crippen LogP contribution in [0.3, 0.4) is 0 Å².